The van der Waals surface area contributed by atoms with Crippen LogP contribution >= 0.6 is 0 Å². The minimum absolute atomic E-state index is 0.0583. The highest BCUT2D eigenvalue weighted by atomic mass is 32.2. The molecule has 0 bridgehead atoms. The second kappa shape index (κ2) is 11.5. The van der Waals surface area contributed by atoms with Gasteiger partial charge in [0.15, 0.2) is 9.84 Å². The molecule has 3 N–H and O–H groups in total. The summed E-state index contributed by atoms with van der Waals surface area (Å²) in [5.41, 5.74) is 8.74. The fourth-order valence-corrected chi connectivity index (χ4v) is 5.71. The number of unbranched alkanes of at least 4 members (excludes halogenated alkanes) is 1. The van der Waals surface area contributed by atoms with Crippen molar-refractivity contribution in [1.29, 1.82) is 0 Å². The molecular weight excluding hydrogens is 406 g/mol. The second-order valence-corrected chi connectivity index (χ2v) is 9.89. The molecule has 2 rings (SSSR count). The van der Waals surface area contributed by atoms with Crippen LogP contribution in [0.5, 0.6) is 0 Å². The number of aryl methyl sites for hydroxylation is 1. The lowest BCUT2D eigenvalue weighted by molar-refractivity contribution is 0.512. The van der Waals surface area contributed by atoms with Crippen molar-refractivity contribution in [3.05, 3.63) is 70.8 Å². The summed E-state index contributed by atoms with van der Waals surface area (Å²) in [4.78, 5) is 0. The lowest BCUT2D eigenvalue weighted by Gasteiger charge is -2.25. The van der Waals surface area contributed by atoms with Gasteiger partial charge in [-0.15, -0.1) is 0 Å². The Kier molecular flexibility index (Phi) is 9.39. The van der Waals surface area contributed by atoms with E-state index < -0.39 is 32.8 Å². The van der Waals surface area contributed by atoms with Crippen LogP contribution in [0.1, 0.15) is 55.1 Å². The summed E-state index contributed by atoms with van der Waals surface area (Å²) in [7, 11) is -3.65. The first kappa shape index (κ1) is 24.4. The fraction of sp³-hybridized carbons (Fsp3) is 0.478. The highest BCUT2D eigenvalue weighted by Crippen LogP contribution is 2.29. The molecule has 2 aromatic rings. The zero-order valence-corrected chi connectivity index (χ0v) is 18.5. The number of hydrogen-bond donors (Lipinski definition) is 2. The van der Waals surface area contributed by atoms with E-state index in [1.54, 1.807) is 0 Å². The summed E-state index contributed by atoms with van der Waals surface area (Å²) in [5, 5.41) is 2.15. The molecule has 1 unspecified atom stereocenters. The molecule has 0 amide bonds. The molecule has 0 aromatic heterocycles. The Morgan fingerprint density at radius 2 is 1.70 bits per heavy atom. The maximum Gasteiger partial charge on any atom is 0.158 e. The SMILES string of the molecule is CCCCS(=O)(=O)C(c1cc(F)cc(F)c1)[C@@H](N)CCNCc1cccc(CC)c1. The normalized spacial score (nSPS) is 13.9. The lowest BCUT2D eigenvalue weighted by Crippen LogP contribution is -2.37. The van der Waals surface area contributed by atoms with Crippen molar-refractivity contribution in [1.82, 2.24) is 5.32 Å². The van der Waals surface area contributed by atoms with Crippen LogP contribution in [0.3, 0.4) is 0 Å². The third kappa shape index (κ3) is 7.15. The Labute approximate surface area is 178 Å². The van der Waals surface area contributed by atoms with E-state index >= 15 is 0 Å². The Balaban J connectivity index is 2.09. The summed E-state index contributed by atoms with van der Waals surface area (Å²) in [6.45, 7) is 5.13. The predicted molar refractivity (Wildman–Crippen MR) is 118 cm³/mol. The van der Waals surface area contributed by atoms with Gasteiger partial charge in [-0.2, -0.15) is 0 Å². The number of nitrogens with two attached hydrogens (primary N) is 1. The first-order valence-electron chi connectivity index (χ1n) is 10.5. The van der Waals surface area contributed by atoms with Crippen molar-refractivity contribution < 1.29 is 17.2 Å². The Bertz CT molecular complexity index is 899. The van der Waals surface area contributed by atoms with Crippen LogP contribution in [0.15, 0.2) is 42.5 Å². The number of sulfone groups is 1. The average molecular weight is 439 g/mol. The van der Waals surface area contributed by atoms with E-state index in [2.05, 4.69) is 24.4 Å². The first-order chi connectivity index (χ1) is 14.3. The van der Waals surface area contributed by atoms with Gasteiger partial charge >= 0.3 is 0 Å². The minimum atomic E-state index is -3.65. The molecule has 0 saturated carbocycles. The zero-order valence-electron chi connectivity index (χ0n) is 17.7. The van der Waals surface area contributed by atoms with Gasteiger partial charge in [-0.25, -0.2) is 17.2 Å². The molecule has 0 radical (unpaired) electrons. The van der Waals surface area contributed by atoms with Gasteiger partial charge in [-0.05, 0) is 54.6 Å². The van der Waals surface area contributed by atoms with Crippen LogP contribution in [0.25, 0.3) is 0 Å². The largest absolute Gasteiger partial charge is 0.326 e. The molecule has 30 heavy (non-hydrogen) atoms. The van der Waals surface area contributed by atoms with Crippen molar-refractivity contribution >= 4 is 9.84 Å². The third-order valence-corrected chi connectivity index (χ3v) is 7.41. The van der Waals surface area contributed by atoms with Gasteiger partial charge in [0.25, 0.3) is 0 Å². The third-order valence-electron chi connectivity index (χ3n) is 5.15. The highest BCUT2D eigenvalue weighted by molar-refractivity contribution is 7.91. The molecule has 0 saturated heterocycles. The predicted octanol–water partition coefficient (Wildman–Crippen LogP) is 4.29. The molecule has 0 heterocycles. The molecule has 2 atom stereocenters. The molecule has 0 aliphatic heterocycles. The van der Waals surface area contributed by atoms with E-state index in [-0.39, 0.29) is 11.3 Å². The van der Waals surface area contributed by atoms with E-state index in [1.165, 1.54) is 5.56 Å². The molecule has 2 aromatic carbocycles. The number of nitrogens with one attached hydrogen (secondary N) is 1. The van der Waals surface area contributed by atoms with E-state index in [1.807, 2.05) is 19.1 Å². The van der Waals surface area contributed by atoms with Crippen LogP contribution in [0.2, 0.25) is 0 Å². The van der Waals surface area contributed by atoms with Crippen molar-refractivity contribution in [3.63, 3.8) is 0 Å². The Morgan fingerprint density at radius 1 is 1.03 bits per heavy atom. The molecule has 0 aliphatic carbocycles. The van der Waals surface area contributed by atoms with Gasteiger partial charge in [0.2, 0.25) is 0 Å². The van der Waals surface area contributed by atoms with Gasteiger partial charge in [0, 0.05) is 18.7 Å². The van der Waals surface area contributed by atoms with Crippen molar-refractivity contribution in [2.75, 3.05) is 12.3 Å². The summed E-state index contributed by atoms with van der Waals surface area (Å²) in [6.07, 6.45) is 2.51. The van der Waals surface area contributed by atoms with Gasteiger partial charge in [-0.3, -0.25) is 0 Å². The topological polar surface area (TPSA) is 72.2 Å². The van der Waals surface area contributed by atoms with E-state index in [9.17, 15) is 17.2 Å². The molecule has 0 fully saturated rings. The monoisotopic (exact) mass is 438 g/mol. The number of benzene rings is 2. The molecule has 7 heteroatoms. The standard InChI is InChI=1S/C23H32F2N2O2S/c1-3-5-11-30(28,29)23(19-13-20(24)15-21(25)14-19)22(26)9-10-27-16-18-8-6-7-17(4-2)12-18/h6-8,12-15,22-23,27H,3-5,9-11,16,26H2,1-2H3/t22-,23?/m0/s1. The van der Waals surface area contributed by atoms with Gasteiger partial charge < -0.3 is 11.1 Å². The average Bonchev–Trinajstić information content (AvgIpc) is 2.69. The minimum Gasteiger partial charge on any atom is -0.326 e. The molecule has 0 aliphatic rings. The molecule has 0 spiro atoms. The van der Waals surface area contributed by atoms with E-state index in [0.717, 1.165) is 30.2 Å². The van der Waals surface area contributed by atoms with Gasteiger partial charge in [-0.1, -0.05) is 44.5 Å². The highest BCUT2D eigenvalue weighted by Gasteiger charge is 2.33. The number of hydrogen-bond acceptors (Lipinski definition) is 4. The van der Waals surface area contributed by atoms with Crippen molar-refractivity contribution in [2.45, 2.75) is 57.4 Å². The fourth-order valence-electron chi connectivity index (χ4n) is 3.55. The number of rotatable bonds is 12. The summed E-state index contributed by atoms with van der Waals surface area (Å²) in [5.74, 6) is -1.67. The summed E-state index contributed by atoms with van der Waals surface area (Å²) in [6, 6.07) is 10.3. The number of halogens is 2. The summed E-state index contributed by atoms with van der Waals surface area (Å²) < 4.78 is 53.4. The van der Waals surface area contributed by atoms with Crippen molar-refractivity contribution in [2.24, 2.45) is 5.73 Å². The maximum absolute atomic E-state index is 13.8. The Hall–Kier alpha value is -1.83. The molecule has 4 nitrogen and oxygen atoms in total. The van der Waals surface area contributed by atoms with Crippen LogP contribution in [-0.2, 0) is 22.8 Å². The van der Waals surface area contributed by atoms with Gasteiger partial charge in [0.05, 0.1) is 5.75 Å². The maximum atomic E-state index is 13.8. The van der Waals surface area contributed by atoms with Crippen LogP contribution in [0, 0.1) is 11.6 Å². The second-order valence-electron chi connectivity index (χ2n) is 7.65. The van der Waals surface area contributed by atoms with E-state index in [0.29, 0.717) is 32.4 Å². The van der Waals surface area contributed by atoms with Crippen LogP contribution in [0.4, 0.5) is 8.78 Å². The first-order valence-corrected chi connectivity index (χ1v) is 12.2. The smallest absolute Gasteiger partial charge is 0.158 e. The van der Waals surface area contributed by atoms with Gasteiger partial charge in [0.1, 0.15) is 16.9 Å². The lowest BCUT2D eigenvalue weighted by atomic mass is 10.0. The quantitative estimate of drug-likeness (QED) is 0.485. The Morgan fingerprint density at radius 3 is 2.33 bits per heavy atom. The molecule has 166 valence electrons. The van der Waals surface area contributed by atoms with Crippen LogP contribution < -0.4 is 11.1 Å². The zero-order chi connectivity index (χ0) is 22.1. The van der Waals surface area contributed by atoms with E-state index in [4.69, 9.17) is 5.73 Å². The van der Waals surface area contributed by atoms with Crippen molar-refractivity contribution in [3.8, 4) is 0 Å². The summed E-state index contributed by atoms with van der Waals surface area (Å²) >= 11 is 0. The molecular formula is C23H32F2N2O2S. The van der Waals surface area contributed by atoms with Crippen LogP contribution in [-0.4, -0.2) is 26.8 Å².